The molecular formula is C13H9ClF2IN. The van der Waals surface area contributed by atoms with Gasteiger partial charge in [-0.25, -0.2) is 8.78 Å². The van der Waals surface area contributed by atoms with E-state index in [2.05, 4.69) is 27.9 Å². The Bertz CT molecular complexity index is 575. The largest absolute Gasteiger partial charge is 0.380 e. The molecule has 0 aliphatic rings. The Balaban J connectivity index is 2.13. The molecule has 0 amide bonds. The van der Waals surface area contributed by atoms with Crippen molar-refractivity contribution in [3.63, 3.8) is 0 Å². The standard InChI is InChI=1S/C13H9ClF2IN/c14-11-6-10(17)2-4-13(11)18-7-8-5-9(15)1-3-12(8)16/h1-6,18H,7H2. The molecule has 0 spiro atoms. The van der Waals surface area contributed by atoms with Crippen LogP contribution in [0.2, 0.25) is 5.02 Å². The zero-order valence-corrected chi connectivity index (χ0v) is 12.1. The minimum absolute atomic E-state index is 0.184. The van der Waals surface area contributed by atoms with Gasteiger partial charge in [-0.3, -0.25) is 0 Å². The third kappa shape index (κ3) is 3.32. The zero-order valence-electron chi connectivity index (χ0n) is 9.18. The average molecular weight is 380 g/mol. The maximum Gasteiger partial charge on any atom is 0.128 e. The van der Waals surface area contributed by atoms with Gasteiger partial charge >= 0.3 is 0 Å². The molecule has 0 saturated carbocycles. The van der Waals surface area contributed by atoms with Crippen molar-refractivity contribution in [3.05, 3.63) is 62.2 Å². The summed E-state index contributed by atoms with van der Waals surface area (Å²) in [7, 11) is 0. The Morgan fingerprint density at radius 1 is 1.11 bits per heavy atom. The number of benzene rings is 2. The molecule has 0 heterocycles. The van der Waals surface area contributed by atoms with Crippen LogP contribution in [0, 0.1) is 15.2 Å². The molecule has 0 unspecified atom stereocenters. The molecule has 0 aromatic heterocycles. The normalized spacial score (nSPS) is 10.4. The van der Waals surface area contributed by atoms with Crippen LogP contribution in [0.5, 0.6) is 0 Å². The first-order chi connectivity index (χ1) is 8.56. The van der Waals surface area contributed by atoms with Crippen molar-refractivity contribution in [1.29, 1.82) is 0 Å². The first kappa shape index (κ1) is 13.5. The van der Waals surface area contributed by atoms with Crippen LogP contribution in [0.15, 0.2) is 36.4 Å². The van der Waals surface area contributed by atoms with Crippen molar-refractivity contribution in [2.24, 2.45) is 0 Å². The van der Waals surface area contributed by atoms with E-state index in [1.54, 1.807) is 12.1 Å². The van der Waals surface area contributed by atoms with E-state index in [0.717, 1.165) is 15.7 Å². The van der Waals surface area contributed by atoms with E-state index in [4.69, 9.17) is 11.6 Å². The molecule has 2 aromatic rings. The van der Waals surface area contributed by atoms with Crippen LogP contribution in [0.3, 0.4) is 0 Å². The van der Waals surface area contributed by atoms with E-state index in [1.165, 1.54) is 6.07 Å². The summed E-state index contributed by atoms with van der Waals surface area (Å²) in [6, 6.07) is 8.87. The highest BCUT2D eigenvalue weighted by atomic mass is 127. The molecule has 2 rings (SSSR count). The fourth-order valence-electron chi connectivity index (χ4n) is 1.50. The third-order valence-electron chi connectivity index (χ3n) is 2.41. The fourth-order valence-corrected chi connectivity index (χ4v) is 2.42. The van der Waals surface area contributed by atoms with Gasteiger partial charge in [0, 0.05) is 15.7 Å². The lowest BCUT2D eigenvalue weighted by molar-refractivity contribution is 0.587. The molecule has 2 aromatic carbocycles. The minimum atomic E-state index is -0.457. The quantitative estimate of drug-likeness (QED) is 0.753. The van der Waals surface area contributed by atoms with Crippen molar-refractivity contribution in [3.8, 4) is 0 Å². The Labute approximate surface area is 122 Å². The second-order valence-corrected chi connectivity index (χ2v) is 5.37. The van der Waals surface area contributed by atoms with Crippen LogP contribution in [-0.2, 0) is 6.54 Å². The number of hydrogen-bond donors (Lipinski definition) is 1. The van der Waals surface area contributed by atoms with Crippen LogP contribution in [-0.4, -0.2) is 0 Å². The predicted molar refractivity (Wildman–Crippen MR) is 77.9 cm³/mol. The molecule has 0 saturated heterocycles. The molecule has 94 valence electrons. The first-order valence-corrected chi connectivity index (χ1v) is 6.65. The summed E-state index contributed by atoms with van der Waals surface area (Å²) >= 11 is 8.18. The van der Waals surface area contributed by atoms with Crippen LogP contribution in [0.25, 0.3) is 0 Å². The maximum atomic E-state index is 13.4. The van der Waals surface area contributed by atoms with E-state index in [-0.39, 0.29) is 12.1 Å². The molecule has 18 heavy (non-hydrogen) atoms. The van der Waals surface area contributed by atoms with Gasteiger partial charge in [0.25, 0.3) is 0 Å². The van der Waals surface area contributed by atoms with Gasteiger partial charge in [0.2, 0.25) is 0 Å². The Morgan fingerprint density at radius 3 is 2.61 bits per heavy atom. The van der Waals surface area contributed by atoms with Crippen molar-refractivity contribution < 1.29 is 8.78 Å². The van der Waals surface area contributed by atoms with Crippen LogP contribution in [0.4, 0.5) is 14.5 Å². The Hall–Kier alpha value is -0.880. The van der Waals surface area contributed by atoms with Gasteiger partial charge in [0.05, 0.1) is 10.7 Å². The van der Waals surface area contributed by atoms with Gasteiger partial charge in [-0.2, -0.15) is 0 Å². The number of rotatable bonds is 3. The highest BCUT2D eigenvalue weighted by Crippen LogP contribution is 2.24. The molecule has 1 nitrogen and oxygen atoms in total. The smallest absolute Gasteiger partial charge is 0.128 e. The topological polar surface area (TPSA) is 12.0 Å². The highest BCUT2D eigenvalue weighted by molar-refractivity contribution is 14.1. The molecular weight excluding hydrogens is 371 g/mol. The van der Waals surface area contributed by atoms with E-state index >= 15 is 0 Å². The Kier molecular flexibility index (Phi) is 4.40. The SMILES string of the molecule is Fc1ccc(F)c(CNc2ccc(I)cc2Cl)c1. The molecule has 0 aliphatic heterocycles. The van der Waals surface area contributed by atoms with Crippen LogP contribution < -0.4 is 5.32 Å². The van der Waals surface area contributed by atoms with Gasteiger partial charge in [-0.1, -0.05) is 11.6 Å². The molecule has 0 aliphatic carbocycles. The van der Waals surface area contributed by atoms with Crippen molar-refractivity contribution in [1.82, 2.24) is 0 Å². The van der Waals surface area contributed by atoms with Gasteiger partial charge in [-0.05, 0) is 59.0 Å². The van der Waals surface area contributed by atoms with Crippen LogP contribution in [0.1, 0.15) is 5.56 Å². The van der Waals surface area contributed by atoms with Gasteiger partial charge in [0.1, 0.15) is 11.6 Å². The second-order valence-electron chi connectivity index (χ2n) is 3.71. The van der Waals surface area contributed by atoms with E-state index in [9.17, 15) is 8.78 Å². The lowest BCUT2D eigenvalue weighted by atomic mass is 10.2. The van der Waals surface area contributed by atoms with Gasteiger partial charge in [0.15, 0.2) is 0 Å². The first-order valence-electron chi connectivity index (χ1n) is 5.19. The minimum Gasteiger partial charge on any atom is -0.380 e. The number of hydrogen-bond acceptors (Lipinski definition) is 1. The lowest BCUT2D eigenvalue weighted by Gasteiger charge is -2.09. The fraction of sp³-hybridized carbons (Fsp3) is 0.0769. The molecule has 0 fully saturated rings. The number of anilines is 1. The van der Waals surface area contributed by atoms with Crippen molar-refractivity contribution in [2.75, 3.05) is 5.32 Å². The Morgan fingerprint density at radius 2 is 1.89 bits per heavy atom. The molecule has 5 heteroatoms. The lowest BCUT2D eigenvalue weighted by Crippen LogP contribution is -2.03. The van der Waals surface area contributed by atoms with Gasteiger partial charge in [-0.15, -0.1) is 0 Å². The molecule has 1 N–H and O–H groups in total. The van der Waals surface area contributed by atoms with Crippen molar-refractivity contribution in [2.45, 2.75) is 6.54 Å². The summed E-state index contributed by atoms with van der Waals surface area (Å²) in [5.74, 6) is -0.896. The van der Waals surface area contributed by atoms with E-state index in [0.29, 0.717) is 10.7 Å². The average Bonchev–Trinajstić information content (AvgIpc) is 2.32. The summed E-state index contributed by atoms with van der Waals surface area (Å²) < 4.78 is 27.4. The second kappa shape index (κ2) is 5.84. The maximum absolute atomic E-state index is 13.4. The molecule has 0 atom stereocenters. The predicted octanol–water partition coefficient (Wildman–Crippen LogP) is 4.83. The van der Waals surface area contributed by atoms with E-state index < -0.39 is 11.6 Å². The monoisotopic (exact) mass is 379 g/mol. The zero-order chi connectivity index (χ0) is 13.1. The summed E-state index contributed by atoms with van der Waals surface area (Å²) in [4.78, 5) is 0. The molecule has 0 radical (unpaired) electrons. The van der Waals surface area contributed by atoms with Gasteiger partial charge < -0.3 is 5.32 Å². The van der Waals surface area contributed by atoms with Crippen molar-refractivity contribution >= 4 is 39.9 Å². The molecule has 0 bridgehead atoms. The summed E-state index contributed by atoms with van der Waals surface area (Å²) in [5, 5.41) is 3.54. The van der Waals surface area contributed by atoms with E-state index in [1.807, 2.05) is 6.07 Å². The summed E-state index contributed by atoms with van der Waals surface area (Å²) in [5.41, 5.74) is 0.963. The third-order valence-corrected chi connectivity index (χ3v) is 3.39. The highest BCUT2D eigenvalue weighted by Gasteiger charge is 2.05. The summed E-state index contributed by atoms with van der Waals surface area (Å²) in [6.45, 7) is 0.184. The summed E-state index contributed by atoms with van der Waals surface area (Å²) in [6.07, 6.45) is 0. The number of nitrogens with one attached hydrogen (secondary N) is 1. The number of halogens is 4. The van der Waals surface area contributed by atoms with Crippen LogP contribution >= 0.6 is 34.2 Å².